The third-order valence-electron chi connectivity index (χ3n) is 1.97. The molecule has 0 heterocycles. The van der Waals surface area contributed by atoms with Gasteiger partial charge in [-0.3, -0.25) is 0 Å². The van der Waals surface area contributed by atoms with E-state index in [1.54, 1.807) is 0 Å². The second-order valence-corrected chi connectivity index (χ2v) is 3.01. The standard InChI is InChI=1S/C12H17N/c1-3-5-10-13-12-8-6-11(4-2)7-9-12/h5-10,13H,3-4H2,1-2H3/b10-5-. The third-order valence-corrected chi connectivity index (χ3v) is 1.97. The van der Waals surface area contributed by atoms with Crippen molar-refractivity contribution in [1.29, 1.82) is 0 Å². The van der Waals surface area contributed by atoms with E-state index < -0.39 is 0 Å². The van der Waals surface area contributed by atoms with E-state index in [4.69, 9.17) is 0 Å². The maximum absolute atomic E-state index is 3.22. The van der Waals surface area contributed by atoms with E-state index in [2.05, 4.69) is 49.5 Å². The average molecular weight is 175 g/mol. The summed E-state index contributed by atoms with van der Waals surface area (Å²) in [5, 5.41) is 3.22. The summed E-state index contributed by atoms with van der Waals surface area (Å²) < 4.78 is 0. The van der Waals surface area contributed by atoms with E-state index in [1.807, 2.05) is 6.20 Å². The maximum Gasteiger partial charge on any atom is 0.0379 e. The number of hydrogen-bond donors (Lipinski definition) is 1. The van der Waals surface area contributed by atoms with Gasteiger partial charge in [-0.25, -0.2) is 0 Å². The summed E-state index contributed by atoms with van der Waals surface area (Å²) in [5.74, 6) is 0. The molecule has 0 fully saturated rings. The van der Waals surface area contributed by atoms with Crippen molar-refractivity contribution in [3.8, 4) is 0 Å². The molecule has 1 aromatic carbocycles. The van der Waals surface area contributed by atoms with Gasteiger partial charge in [-0.2, -0.15) is 0 Å². The van der Waals surface area contributed by atoms with Crippen LogP contribution in [0.5, 0.6) is 0 Å². The van der Waals surface area contributed by atoms with Crippen LogP contribution in [0.3, 0.4) is 0 Å². The summed E-state index contributed by atoms with van der Waals surface area (Å²) in [5.41, 5.74) is 2.53. The summed E-state index contributed by atoms with van der Waals surface area (Å²) >= 11 is 0. The molecular formula is C12H17N. The van der Waals surface area contributed by atoms with Crippen molar-refractivity contribution in [3.63, 3.8) is 0 Å². The van der Waals surface area contributed by atoms with Crippen LogP contribution in [0.1, 0.15) is 25.8 Å². The molecule has 1 rings (SSSR count). The van der Waals surface area contributed by atoms with Crippen LogP contribution in [0.15, 0.2) is 36.5 Å². The van der Waals surface area contributed by atoms with Gasteiger partial charge in [-0.1, -0.05) is 32.1 Å². The Hall–Kier alpha value is -1.24. The lowest BCUT2D eigenvalue weighted by molar-refractivity contribution is 1.14. The van der Waals surface area contributed by atoms with Gasteiger partial charge in [0.2, 0.25) is 0 Å². The van der Waals surface area contributed by atoms with Gasteiger partial charge in [0.15, 0.2) is 0 Å². The zero-order valence-corrected chi connectivity index (χ0v) is 8.38. The number of rotatable bonds is 4. The Balaban J connectivity index is 2.54. The fourth-order valence-electron chi connectivity index (χ4n) is 1.11. The molecule has 0 amide bonds. The number of nitrogens with one attached hydrogen (secondary N) is 1. The van der Waals surface area contributed by atoms with Crippen molar-refractivity contribution in [3.05, 3.63) is 42.1 Å². The minimum atomic E-state index is 1.07. The van der Waals surface area contributed by atoms with Gasteiger partial charge in [0, 0.05) is 5.69 Å². The molecule has 0 bridgehead atoms. The first-order valence-corrected chi connectivity index (χ1v) is 4.87. The Morgan fingerprint density at radius 1 is 1.15 bits per heavy atom. The van der Waals surface area contributed by atoms with Crippen LogP contribution in [0.25, 0.3) is 0 Å². The SMILES string of the molecule is CC/C=C\Nc1ccc(CC)cc1. The normalized spacial score (nSPS) is 10.6. The van der Waals surface area contributed by atoms with Gasteiger partial charge in [0.05, 0.1) is 0 Å². The van der Waals surface area contributed by atoms with E-state index in [1.165, 1.54) is 5.56 Å². The van der Waals surface area contributed by atoms with Gasteiger partial charge >= 0.3 is 0 Å². The number of benzene rings is 1. The van der Waals surface area contributed by atoms with Crippen molar-refractivity contribution in [2.45, 2.75) is 26.7 Å². The smallest absolute Gasteiger partial charge is 0.0379 e. The summed E-state index contributed by atoms with van der Waals surface area (Å²) in [6.45, 7) is 4.29. The lowest BCUT2D eigenvalue weighted by Crippen LogP contribution is -1.87. The lowest BCUT2D eigenvalue weighted by atomic mass is 10.1. The number of aryl methyl sites for hydroxylation is 1. The molecule has 13 heavy (non-hydrogen) atoms. The Kier molecular flexibility index (Phi) is 4.10. The first-order valence-electron chi connectivity index (χ1n) is 4.87. The Morgan fingerprint density at radius 2 is 1.85 bits per heavy atom. The average Bonchev–Trinajstić information content (AvgIpc) is 2.19. The van der Waals surface area contributed by atoms with E-state index in [9.17, 15) is 0 Å². The highest BCUT2D eigenvalue weighted by Crippen LogP contribution is 2.09. The van der Waals surface area contributed by atoms with Gasteiger partial charge in [0.1, 0.15) is 0 Å². The van der Waals surface area contributed by atoms with E-state index in [0.717, 1.165) is 18.5 Å². The number of allylic oxidation sites excluding steroid dienone is 1. The van der Waals surface area contributed by atoms with Gasteiger partial charge < -0.3 is 5.32 Å². The van der Waals surface area contributed by atoms with E-state index in [-0.39, 0.29) is 0 Å². The quantitative estimate of drug-likeness (QED) is 0.737. The fraction of sp³-hybridized carbons (Fsp3) is 0.333. The molecule has 0 saturated carbocycles. The van der Waals surface area contributed by atoms with Gasteiger partial charge in [0.25, 0.3) is 0 Å². The summed E-state index contributed by atoms with van der Waals surface area (Å²) in [7, 11) is 0. The third kappa shape index (κ3) is 3.32. The second kappa shape index (κ2) is 5.41. The van der Waals surface area contributed by atoms with Crippen LogP contribution in [0.2, 0.25) is 0 Å². The molecule has 1 N–H and O–H groups in total. The van der Waals surface area contributed by atoms with Crippen LogP contribution in [-0.4, -0.2) is 0 Å². The highest BCUT2D eigenvalue weighted by molar-refractivity contribution is 5.46. The molecular weight excluding hydrogens is 158 g/mol. The monoisotopic (exact) mass is 175 g/mol. The van der Waals surface area contributed by atoms with Crippen LogP contribution in [0.4, 0.5) is 5.69 Å². The largest absolute Gasteiger partial charge is 0.362 e. The predicted molar refractivity (Wildman–Crippen MR) is 58.9 cm³/mol. The van der Waals surface area contributed by atoms with Crippen molar-refractivity contribution in [1.82, 2.24) is 0 Å². The molecule has 0 aliphatic carbocycles. The zero-order chi connectivity index (χ0) is 9.52. The van der Waals surface area contributed by atoms with Crippen LogP contribution in [0, 0.1) is 0 Å². The molecule has 0 saturated heterocycles. The first kappa shape index (κ1) is 9.85. The highest BCUT2D eigenvalue weighted by atomic mass is 14.8. The molecule has 1 heteroatoms. The minimum Gasteiger partial charge on any atom is -0.362 e. The molecule has 0 aliphatic rings. The van der Waals surface area contributed by atoms with Crippen molar-refractivity contribution in [2.24, 2.45) is 0 Å². The molecule has 70 valence electrons. The molecule has 0 aromatic heterocycles. The maximum atomic E-state index is 3.22. The zero-order valence-electron chi connectivity index (χ0n) is 8.38. The van der Waals surface area contributed by atoms with Gasteiger partial charge in [-0.15, -0.1) is 0 Å². The van der Waals surface area contributed by atoms with E-state index >= 15 is 0 Å². The molecule has 0 unspecified atom stereocenters. The van der Waals surface area contributed by atoms with Gasteiger partial charge in [-0.05, 0) is 36.7 Å². The molecule has 0 radical (unpaired) electrons. The molecule has 1 aromatic rings. The predicted octanol–water partition coefficient (Wildman–Crippen LogP) is 3.58. The van der Waals surface area contributed by atoms with Crippen molar-refractivity contribution in [2.75, 3.05) is 5.32 Å². The number of anilines is 1. The van der Waals surface area contributed by atoms with Crippen molar-refractivity contribution < 1.29 is 0 Å². The Bertz CT molecular complexity index is 259. The summed E-state index contributed by atoms with van der Waals surface area (Å²) in [6, 6.07) is 8.53. The molecule has 0 aliphatic heterocycles. The Labute approximate surface area is 80.5 Å². The van der Waals surface area contributed by atoms with Crippen molar-refractivity contribution >= 4 is 5.69 Å². The second-order valence-electron chi connectivity index (χ2n) is 3.01. The number of hydrogen-bond acceptors (Lipinski definition) is 1. The molecule has 0 atom stereocenters. The van der Waals surface area contributed by atoms with E-state index in [0.29, 0.717) is 0 Å². The summed E-state index contributed by atoms with van der Waals surface area (Å²) in [4.78, 5) is 0. The minimum absolute atomic E-state index is 1.07. The van der Waals surface area contributed by atoms with Crippen LogP contribution >= 0.6 is 0 Å². The van der Waals surface area contributed by atoms with Crippen LogP contribution in [-0.2, 0) is 6.42 Å². The van der Waals surface area contributed by atoms with Crippen LogP contribution < -0.4 is 5.32 Å². The molecule has 0 spiro atoms. The Morgan fingerprint density at radius 3 is 2.38 bits per heavy atom. The molecule has 1 nitrogen and oxygen atoms in total. The highest BCUT2D eigenvalue weighted by Gasteiger charge is 1.88. The summed E-state index contributed by atoms with van der Waals surface area (Å²) in [6.07, 6.45) is 6.26. The lowest BCUT2D eigenvalue weighted by Gasteiger charge is -2.01. The topological polar surface area (TPSA) is 12.0 Å². The fourth-order valence-corrected chi connectivity index (χ4v) is 1.11. The first-order chi connectivity index (χ1) is 6.36.